The van der Waals surface area contributed by atoms with E-state index >= 15 is 0 Å². The van der Waals surface area contributed by atoms with Crippen LogP contribution in [0.25, 0.3) is 22.1 Å². The molecule has 0 bridgehead atoms. The van der Waals surface area contributed by atoms with Crippen molar-refractivity contribution in [3.63, 3.8) is 0 Å². The van der Waals surface area contributed by atoms with Gasteiger partial charge in [-0.05, 0) is 19.1 Å². The molecule has 2 N–H and O–H groups in total. The molecular formula is C9H9N5O. The average Bonchev–Trinajstić information content (AvgIpc) is 2.76. The summed E-state index contributed by atoms with van der Waals surface area (Å²) in [4.78, 5) is 14.3. The standard InChI is InChI=1S/C9H9N5O/c1-2-14-8-4-6-5(11-13-12-6)3-7(8)10-9(14)15/h3-4H,2H2,1H3,(H,10,15)(H,11,12,13). The highest BCUT2D eigenvalue weighted by molar-refractivity contribution is 5.90. The molecule has 0 saturated heterocycles. The summed E-state index contributed by atoms with van der Waals surface area (Å²) < 4.78 is 1.68. The molecule has 2 heterocycles. The molecule has 2 aromatic heterocycles. The largest absolute Gasteiger partial charge is 0.326 e. The molecule has 0 saturated carbocycles. The molecule has 0 aliphatic rings. The Labute approximate surface area is 83.9 Å². The van der Waals surface area contributed by atoms with Crippen molar-refractivity contribution in [2.75, 3.05) is 0 Å². The fourth-order valence-corrected chi connectivity index (χ4v) is 1.81. The number of aromatic amines is 2. The first kappa shape index (κ1) is 8.22. The maximum Gasteiger partial charge on any atom is 0.326 e. The summed E-state index contributed by atoms with van der Waals surface area (Å²) in [5, 5.41) is 10.4. The highest BCUT2D eigenvalue weighted by atomic mass is 16.1. The van der Waals surface area contributed by atoms with E-state index in [1.807, 2.05) is 19.1 Å². The van der Waals surface area contributed by atoms with E-state index in [9.17, 15) is 4.79 Å². The van der Waals surface area contributed by atoms with Crippen LogP contribution in [-0.2, 0) is 6.54 Å². The van der Waals surface area contributed by atoms with E-state index in [0.717, 1.165) is 22.1 Å². The van der Waals surface area contributed by atoms with Crippen LogP contribution < -0.4 is 5.69 Å². The van der Waals surface area contributed by atoms with Crippen molar-refractivity contribution in [1.82, 2.24) is 25.0 Å². The third-order valence-electron chi connectivity index (χ3n) is 2.54. The van der Waals surface area contributed by atoms with E-state index in [1.165, 1.54) is 0 Å². The minimum atomic E-state index is -0.0897. The Morgan fingerprint density at radius 2 is 2.27 bits per heavy atom. The maximum atomic E-state index is 11.5. The van der Waals surface area contributed by atoms with Crippen molar-refractivity contribution < 1.29 is 0 Å². The molecule has 0 aliphatic carbocycles. The van der Waals surface area contributed by atoms with Crippen LogP contribution in [0.3, 0.4) is 0 Å². The number of H-pyrrole nitrogens is 2. The number of fused-ring (bicyclic) bond motifs is 2. The van der Waals surface area contributed by atoms with Gasteiger partial charge < -0.3 is 4.98 Å². The van der Waals surface area contributed by atoms with Crippen LogP contribution in [0.2, 0.25) is 0 Å². The van der Waals surface area contributed by atoms with Crippen LogP contribution in [0, 0.1) is 0 Å². The first-order valence-corrected chi connectivity index (χ1v) is 4.73. The van der Waals surface area contributed by atoms with Gasteiger partial charge in [-0.1, -0.05) is 5.21 Å². The third-order valence-corrected chi connectivity index (χ3v) is 2.54. The lowest BCUT2D eigenvalue weighted by Gasteiger charge is -1.96. The number of hydrogen-bond donors (Lipinski definition) is 2. The number of aromatic nitrogens is 5. The predicted octanol–water partition coefficient (Wildman–Crippen LogP) is 0.621. The van der Waals surface area contributed by atoms with Crippen molar-refractivity contribution in [2.45, 2.75) is 13.5 Å². The Morgan fingerprint density at radius 1 is 1.40 bits per heavy atom. The van der Waals surface area contributed by atoms with Gasteiger partial charge in [0, 0.05) is 6.54 Å². The van der Waals surface area contributed by atoms with Crippen molar-refractivity contribution in [1.29, 1.82) is 0 Å². The molecule has 0 fully saturated rings. The van der Waals surface area contributed by atoms with E-state index in [1.54, 1.807) is 4.57 Å². The predicted molar refractivity (Wildman–Crippen MR) is 55.7 cm³/mol. The van der Waals surface area contributed by atoms with Crippen molar-refractivity contribution in [3.05, 3.63) is 22.6 Å². The topological polar surface area (TPSA) is 79.4 Å². The van der Waals surface area contributed by atoms with E-state index in [0.29, 0.717) is 6.54 Å². The van der Waals surface area contributed by atoms with Crippen molar-refractivity contribution in [3.8, 4) is 0 Å². The molecule has 1 aromatic carbocycles. The Kier molecular flexibility index (Phi) is 1.47. The van der Waals surface area contributed by atoms with E-state index in [2.05, 4.69) is 20.4 Å². The molecule has 3 aromatic rings. The van der Waals surface area contributed by atoms with Gasteiger partial charge in [0.15, 0.2) is 0 Å². The van der Waals surface area contributed by atoms with Gasteiger partial charge in [-0.15, -0.1) is 5.10 Å². The molecular weight excluding hydrogens is 194 g/mol. The lowest BCUT2D eigenvalue weighted by molar-refractivity contribution is 0.753. The van der Waals surface area contributed by atoms with Gasteiger partial charge in [-0.2, -0.15) is 0 Å². The first-order valence-electron chi connectivity index (χ1n) is 4.73. The quantitative estimate of drug-likeness (QED) is 0.608. The number of nitrogens with one attached hydrogen (secondary N) is 2. The summed E-state index contributed by atoms with van der Waals surface area (Å²) in [6.45, 7) is 2.58. The number of rotatable bonds is 1. The van der Waals surface area contributed by atoms with E-state index in [4.69, 9.17) is 0 Å². The van der Waals surface area contributed by atoms with Gasteiger partial charge in [-0.3, -0.25) is 9.67 Å². The van der Waals surface area contributed by atoms with Gasteiger partial charge >= 0.3 is 5.69 Å². The minimum absolute atomic E-state index is 0.0897. The van der Waals surface area contributed by atoms with Crippen molar-refractivity contribution >= 4 is 22.1 Å². The zero-order valence-corrected chi connectivity index (χ0v) is 8.11. The maximum absolute atomic E-state index is 11.5. The van der Waals surface area contributed by atoms with E-state index < -0.39 is 0 Å². The SMILES string of the molecule is CCn1c(=O)[nH]c2cc3nn[nH]c3cc21. The Balaban J connectivity index is 2.53. The summed E-state index contributed by atoms with van der Waals surface area (Å²) >= 11 is 0. The first-order chi connectivity index (χ1) is 7.29. The molecule has 0 radical (unpaired) electrons. The number of benzene rings is 1. The second-order valence-corrected chi connectivity index (χ2v) is 3.37. The smallest absolute Gasteiger partial charge is 0.305 e. The van der Waals surface area contributed by atoms with Crippen LogP contribution in [0.5, 0.6) is 0 Å². The summed E-state index contributed by atoms with van der Waals surface area (Å²) in [5.41, 5.74) is 3.17. The lowest BCUT2D eigenvalue weighted by Crippen LogP contribution is -2.14. The molecule has 6 heteroatoms. The normalized spacial score (nSPS) is 11.5. The third kappa shape index (κ3) is 1.01. The summed E-state index contributed by atoms with van der Waals surface area (Å²) in [7, 11) is 0. The second kappa shape index (κ2) is 2.69. The summed E-state index contributed by atoms with van der Waals surface area (Å²) in [5.74, 6) is 0. The Hall–Kier alpha value is -2.11. The summed E-state index contributed by atoms with van der Waals surface area (Å²) in [6, 6.07) is 3.70. The molecule has 6 nitrogen and oxygen atoms in total. The van der Waals surface area contributed by atoms with E-state index in [-0.39, 0.29) is 5.69 Å². The van der Waals surface area contributed by atoms with Crippen molar-refractivity contribution in [2.24, 2.45) is 0 Å². The molecule has 0 spiro atoms. The molecule has 0 atom stereocenters. The van der Waals surface area contributed by atoms with Crippen LogP contribution in [-0.4, -0.2) is 25.0 Å². The zero-order chi connectivity index (χ0) is 10.4. The molecule has 0 aliphatic heterocycles. The monoisotopic (exact) mass is 203 g/mol. The number of aryl methyl sites for hydroxylation is 1. The number of imidazole rings is 1. The molecule has 76 valence electrons. The van der Waals surface area contributed by atoms with Gasteiger partial charge in [0.25, 0.3) is 0 Å². The number of nitrogens with zero attached hydrogens (tertiary/aromatic N) is 3. The highest BCUT2D eigenvalue weighted by Crippen LogP contribution is 2.16. The van der Waals surface area contributed by atoms with Gasteiger partial charge in [0.05, 0.1) is 16.6 Å². The van der Waals surface area contributed by atoms with Crippen LogP contribution in [0.15, 0.2) is 16.9 Å². The lowest BCUT2D eigenvalue weighted by atomic mass is 10.2. The Morgan fingerprint density at radius 3 is 3.07 bits per heavy atom. The van der Waals surface area contributed by atoms with Crippen LogP contribution in [0.1, 0.15) is 6.92 Å². The minimum Gasteiger partial charge on any atom is -0.305 e. The van der Waals surface area contributed by atoms with Crippen LogP contribution >= 0.6 is 0 Å². The van der Waals surface area contributed by atoms with Crippen LogP contribution in [0.4, 0.5) is 0 Å². The fraction of sp³-hybridized carbons (Fsp3) is 0.222. The van der Waals surface area contributed by atoms with Gasteiger partial charge in [0.1, 0.15) is 5.52 Å². The molecule has 15 heavy (non-hydrogen) atoms. The number of hydrogen-bond acceptors (Lipinski definition) is 3. The molecule has 0 amide bonds. The average molecular weight is 203 g/mol. The second-order valence-electron chi connectivity index (χ2n) is 3.37. The Bertz CT molecular complexity index is 689. The molecule has 3 rings (SSSR count). The molecule has 0 unspecified atom stereocenters. The fourth-order valence-electron chi connectivity index (χ4n) is 1.81. The highest BCUT2D eigenvalue weighted by Gasteiger charge is 2.07. The van der Waals surface area contributed by atoms with Gasteiger partial charge in [0.2, 0.25) is 0 Å². The summed E-state index contributed by atoms with van der Waals surface area (Å²) in [6.07, 6.45) is 0. The van der Waals surface area contributed by atoms with Gasteiger partial charge in [-0.25, -0.2) is 4.79 Å². The zero-order valence-electron chi connectivity index (χ0n) is 8.11.